The predicted octanol–water partition coefficient (Wildman–Crippen LogP) is 1.47. The lowest BCUT2D eigenvalue weighted by molar-refractivity contribution is -0.917. The van der Waals surface area contributed by atoms with Crippen LogP contribution in [0.15, 0.2) is 35.0 Å². The number of amides is 1. The number of methoxy groups -OCH3 is 1. The molecule has 1 N–H and O–H groups in total. The van der Waals surface area contributed by atoms with Crippen LogP contribution in [0.5, 0.6) is 17.2 Å². The largest absolute Gasteiger partial charge is 0.493 e. The molecule has 148 valence electrons. The minimum atomic E-state index is 0.0449. The van der Waals surface area contributed by atoms with Crippen molar-refractivity contribution in [2.75, 3.05) is 46.5 Å². The Hall–Kier alpha value is -2.51. The number of benzene rings is 1. The fraction of sp³-hybridized carbons (Fsp3) is 0.381. The van der Waals surface area contributed by atoms with Crippen molar-refractivity contribution in [3.63, 3.8) is 0 Å². The molecule has 0 atom stereocenters. The van der Waals surface area contributed by atoms with Gasteiger partial charge in [0.05, 0.1) is 33.3 Å². The summed E-state index contributed by atoms with van der Waals surface area (Å²) in [7, 11) is 1.60. The summed E-state index contributed by atoms with van der Waals surface area (Å²) in [6.07, 6.45) is 3.45. The number of carbonyl (C=O) groups excluding carboxylic acids is 1. The highest BCUT2D eigenvalue weighted by molar-refractivity contribution is 7.07. The standard InChI is InChI=1S/C21H24N2O4S/c1-25-18-12-16(13-19-21(18)27-10-9-26-19)2-3-20(24)23-7-5-22(6-8-23)14-17-4-11-28-15-17/h2-4,11-13,15H,5-10,14H2,1H3/p+1/b3-2+. The summed E-state index contributed by atoms with van der Waals surface area (Å²) in [6, 6.07) is 5.92. The number of hydrogen-bond acceptors (Lipinski definition) is 5. The minimum absolute atomic E-state index is 0.0449. The van der Waals surface area contributed by atoms with Gasteiger partial charge in [0.2, 0.25) is 11.7 Å². The molecular formula is C21H25N2O4S+. The number of fused-ring (bicyclic) bond motifs is 1. The summed E-state index contributed by atoms with van der Waals surface area (Å²) in [5.41, 5.74) is 2.24. The second kappa shape index (κ2) is 8.67. The number of quaternary nitrogens is 1. The average Bonchev–Trinajstić information content (AvgIpc) is 3.25. The summed E-state index contributed by atoms with van der Waals surface area (Å²) in [4.78, 5) is 16.0. The summed E-state index contributed by atoms with van der Waals surface area (Å²) in [5.74, 6) is 1.95. The second-order valence-electron chi connectivity index (χ2n) is 6.96. The highest BCUT2D eigenvalue weighted by Crippen LogP contribution is 2.40. The van der Waals surface area contributed by atoms with E-state index in [1.807, 2.05) is 23.1 Å². The lowest BCUT2D eigenvalue weighted by atomic mass is 10.1. The SMILES string of the molecule is COc1cc(/C=C/C(=O)N2CC[NH+](Cc3ccsc3)CC2)cc2c1OCCO2. The van der Waals surface area contributed by atoms with Crippen LogP contribution in [0.3, 0.4) is 0 Å². The summed E-state index contributed by atoms with van der Waals surface area (Å²) < 4.78 is 16.7. The molecule has 1 aromatic heterocycles. The zero-order valence-electron chi connectivity index (χ0n) is 16.0. The molecule has 4 rings (SSSR count). The predicted molar refractivity (Wildman–Crippen MR) is 108 cm³/mol. The van der Waals surface area contributed by atoms with E-state index in [4.69, 9.17) is 14.2 Å². The molecule has 2 aliphatic heterocycles. The maximum Gasteiger partial charge on any atom is 0.246 e. The van der Waals surface area contributed by atoms with Gasteiger partial charge in [-0.1, -0.05) is 0 Å². The number of nitrogens with zero attached hydrogens (tertiary/aromatic N) is 1. The van der Waals surface area contributed by atoms with Crippen LogP contribution in [0.4, 0.5) is 0 Å². The highest BCUT2D eigenvalue weighted by atomic mass is 32.1. The van der Waals surface area contributed by atoms with Crippen molar-refractivity contribution in [3.8, 4) is 17.2 Å². The van der Waals surface area contributed by atoms with E-state index in [-0.39, 0.29) is 5.91 Å². The molecule has 0 aliphatic carbocycles. The van der Waals surface area contributed by atoms with Gasteiger partial charge in [-0.2, -0.15) is 11.3 Å². The summed E-state index contributed by atoms with van der Waals surface area (Å²) in [6.45, 7) is 5.59. The number of hydrogen-bond donors (Lipinski definition) is 1. The Morgan fingerprint density at radius 1 is 1.29 bits per heavy atom. The molecule has 1 fully saturated rings. The van der Waals surface area contributed by atoms with Crippen molar-refractivity contribution in [2.45, 2.75) is 6.54 Å². The van der Waals surface area contributed by atoms with Gasteiger partial charge >= 0.3 is 0 Å². The van der Waals surface area contributed by atoms with Gasteiger partial charge in [-0.3, -0.25) is 4.79 Å². The molecule has 0 radical (unpaired) electrons. The van der Waals surface area contributed by atoms with Gasteiger partial charge in [-0.25, -0.2) is 0 Å². The molecule has 0 bridgehead atoms. The number of rotatable bonds is 5. The molecule has 3 heterocycles. The summed E-state index contributed by atoms with van der Waals surface area (Å²) in [5, 5.41) is 4.32. The van der Waals surface area contributed by atoms with Crippen LogP contribution in [-0.4, -0.2) is 57.3 Å². The molecule has 28 heavy (non-hydrogen) atoms. The first-order valence-corrected chi connectivity index (χ1v) is 10.5. The Balaban J connectivity index is 1.35. The zero-order valence-corrected chi connectivity index (χ0v) is 16.8. The number of piperazine rings is 1. The van der Waals surface area contributed by atoms with Crippen LogP contribution < -0.4 is 19.1 Å². The molecule has 1 saturated heterocycles. The van der Waals surface area contributed by atoms with E-state index in [1.54, 1.807) is 24.5 Å². The van der Waals surface area contributed by atoms with E-state index in [0.717, 1.165) is 38.3 Å². The maximum absolute atomic E-state index is 12.6. The maximum atomic E-state index is 12.6. The molecule has 0 saturated carbocycles. The van der Waals surface area contributed by atoms with Gasteiger partial charge in [0.1, 0.15) is 19.8 Å². The van der Waals surface area contributed by atoms with Crippen molar-refractivity contribution >= 4 is 23.3 Å². The van der Waals surface area contributed by atoms with Crippen LogP contribution in [0.2, 0.25) is 0 Å². The van der Waals surface area contributed by atoms with Crippen LogP contribution in [-0.2, 0) is 11.3 Å². The van der Waals surface area contributed by atoms with Gasteiger partial charge < -0.3 is 24.0 Å². The average molecular weight is 402 g/mol. The summed E-state index contributed by atoms with van der Waals surface area (Å²) >= 11 is 1.74. The number of ether oxygens (including phenoxy) is 3. The third-order valence-electron chi connectivity index (χ3n) is 5.09. The van der Waals surface area contributed by atoms with Gasteiger partial charge in [-0.05, 0) is 40.6 Å². The van der Waals surface area contributed by atoms with E-state index in [0.29, 0.717) is 30.5 Å². The van der Waals surface area contributed by atoms with Crippen LogP contribution in [0.25, 0.3) is 6.08 Å². The molecule has 2 aliphatic rings. The van der Waals surface area contributed by atoms with E-state index >= 15 is 0 Å². The smallest absolute Gasteiger partial charge is 0.246 e. The Labute approximate surface area is 168 Å². The van der Waals surface area contributed by atoms with Crippen molar-refractivity contribution in [1.82, 2.24) is 4.90 Å². The third kappa shape index (κ3) is 4.31. The first-order chi connectivity index (χ1) is 13.7. The molecule has 1 amide bonds. The third-order valence-corrected chi connectivity index (χ3v) is 5.82. The monoisotopic (exact) mass is 401 g/mol. The van der Waals surface area contributed by atoms with Crippen molar-refractivity contribution in [3.05, 3.63) is 46.2 Å². The van der Waals surface area contributed by atoms with Gasteiger partial charge in [0.15, 0.2) is 11.5 Å². The molecule has 6 nitrogen and oxygen atoms in total. The Morgan fingerprint density at radius 3 is 2.86 bits per heavy atom. The molecule has 0 spiro atoms. The minimum Gasteiger partial charge on any atom is -0.493 e. The fourth-order valence-electron chi connectivity index (χ4n) is 3.56. The normalized spacial score (nSPS) is 17.1. The van der Waals surface area contributed by atoms with Gasteiger partial charge in [0.25, 0.3) is 0 Å². The van der Waals surface area contributed by atoms with E-state index < -0.39 is 0 Å². The zero-order chi connectivity index (χ0) is 19.3. The molecule has 1 aromatic carbocycles. The first-order valence-electron chi connectivity index (χ1n) is 9.52. The van der Waals surface area contributed by atoms with Crippen molar-refractivity contribution in [1.29, 1.82) is 0 Å². The number of thiophene rings is 1. The second-order valence-corrected chi connectivity index (χ2v) is 7.74. The van der Waals surface area contributed by atoms with Crippen LogP contribution in [0, 0.1) is 0 Å². The Morgan fingerprint density at radius 2 is 2.11 bits per heavy atom. The quantitative estimate of drug-likeness (QED) is 0.771. The van der Waals surface area contributed by atoms with Crippen molar-refractivity contribution < 1.29 is 23.9 Å². The first kappa shape index (κ1) is 18.8. The number of carbonyl (C=O) groups is 1. The van der Waals surface area contributed by atoms with Gasteiger partial charge in [-0.15, -0.1) is 0 Å². The highest BCUT2D eigenvalue weighted by Gasteiger charge is 2.23. The Kier molecular flexibility index (Phi) is 5.83. The lowest BCUT2D eigenvalue weighted by Gasteiger charge is -2.31. The fourth-order valence-corrected chi connectivity index (χ4v) is 4.23. The van der Waals surface area contributed by atoms with Gasteiger partial charge in [0, 0.05) is 11.6 Å². The molecule has 0 unspecified atom stereocenters. The molecular weight excluding hydrogens is 376 g/mol. The molecule has 2 aromatic rings. The van der Waals surface area contributed by atoms with E-state index in [2.05, 4.69) is 16.8 Å². The number of nitrogens with one attached hydrogen (secondary N) is 1. The van der Waals surface area contributed by atoms with E-state index in [1.165, 1.54) is 10.5 Å². The van der Waals surface area contributed by atoms with Crippen molar-refractivity contribution in [2.24, 2.45) is 0 Å². The molecule has 7 heteroatoms. The Bertz CT molecular complexity index is 825. The topological polar surface area (TPSA) is 52.4 Å². The van der Waals surface area contributed by atoms with Crippen LogP contribution >= 0.6 is 11.3 Å². The van der Waals surface area contributed by atoms with E-state index in [9.17, 15) is 4.79 Å². The lowest BCUT2D eigenvalue weighted by Crippen LogP contribution is -3.13. The van der Waals surface area contributed by atoms with Crippen LogP contribution in [0.1, 0.15) is 11.1 Å².